The van der Waals surface area contributed by atoms with Gasteiger partial charge < -0.3 is 5.32 Å². The Hall–Kier alpha value is -1.84. The number of amides is 1. The molecule has 0 aliphatic carbocycles. The first-order valence-electron chi connectivity index (χ1n) is 5.14. The Morgan fingerprint density at radius 1 is 1.47 bits per heavy atom. The van der Waals surface area contributed by atoms with Crippen LogP contribution in [0.1, 0.15) is 10.5 Å². The molecule has 8 heteroatoms. The molecule has 2 heterocycles. The van der Waals surface area contributed by atoms with Crippen LogP contribution >= 0.6 is 22.6 Å². The van der Waals surface area contributed by atoms with E-state index < -0.39 is 11.7 Å². The van der Waals surface area contributed by atoms with E-state index in [1.165, 1.54) is 25.2 Å². The summed E-state index contributed by atoms with van der Waals surface area (Å²) in [5.41, 5.74) is -0.241. The minimum Gasteiger partial charge on any atom is -0.304 e. The van der Waals surface area contributed by atoms with E-state index in [1.54, 1.807) is 0 Å². The summed E-state index contributed by atoms with van der Waals surface area (Å²) in [6, 6.07) is 3.80. The van der Waals surface area contributed by atoms with Gasteiger partial charge in [-0.2, -0.15) is 5.10 Å². The highest BCUT2D eigenvalue weighted by molar-refractivity contribution is 14.1. The van der Waals surface area contributed by atoms with Crippen molar-refractivity contribution in [2.45, 2.75) is 0 Å². The van der Waals surface area contributed by atoms with Crippen molar-refractivity contribution in [3.8, 4) is 0 Å². The van der Waals surface area contributed by atoms with Crippen LogP contribution in [0.3, 0.4) is 0 Å². The van der Waals surface area contributed by atoms with E-state index in [4.69, 9.17) is 0 Å². The molecule has 19 heavy (non-hydrogen) atoms. The second-order valence-corrected chi connectivity index (χ2v) is 4.78. The van der Waals surface area contributed by atoms with Crippen molar-refractivity contribution in [1.29, 1.82) is 0 Å². The normalized spacial score (nSPS) is 10.3. The molecule has 2 aromatic heterocycles. The van der Waals surface area contributed by atoms with E-state index in [9.17, 15) is 14.0 Å². The van der Waals surface area contributed by atoms with Crippen LogP contribution in [-0.4, -0.2) is 20.7 Å². The molecule has 0 aliphatic rings. The number of hydrogen-bond acceptors (Lipinski definition) is 4. The Bertz CT molecular complexity index is 701. The number of hydrogen-bond donors (Lipinski definition) is 1. The van der Waals surface area contributed by atoms with Gasteiger partial charge >= 0.3 is 0 Å². The maximum atomic E-state index is 12.9. The molecule has 0 atom stereocenters. The maximum absolute atomic E-state index is 12.9. The Morgan fingerprint density at radius 3 is 2.84 bits per heavy atom. The monoisotopic (exact) mass is 374 g/mol. The number of pyridine rings is 1. The van der Waals surface area contributed by atoms with Gasteiger partial charge in [-0.1, -0.05) is 0 Å². The minimum absolute atomic E-state index is 0.0732. The fourth-order valence-corrected chi connectivity index (χ4v) is 1.87. The minimum atomic E-state index is -0.521. The standard InChI is InChI=1S/C11H8FIN4O2/c1-17-9(18)3-2-8(16-17)11(19)15-10-7(13)4-6(12)5-14-10/h2-5H,1H3,(H,14,15,19). The van der Waals surface area contributed by atoms with Crippen LogP contribution < -0.4 is 10.9 Å². The molecule has 6 nitrogen and oxygen atoms in total. The highest BCUT2D eigenvalue weighted by Crippen LogP contribution is 2.16. The molecule has 2 rings (SSSR count). The molecule has 0 aromatic carbocycles. The summed E-state index contributed by atoms with van der Waals surface area (Å²) in [6.07, 6.45) is 1.01. The van der Waals surface area contributed by atoms with Gasteiger partial charge in [0.2, 0.25) is 0 Å². The van der Waals surface area contributed by atoms with Crippen LogP contribution in [0.4, 0.5) is 10.2 Å². The Kier molecular flexibility index (Phi) is 3.88. The molecule has 0 bridgehead atoms. The number of aromatic nitrogens is 3. The van der Waals surface area contributed by atoms with Crippen LogP contribution in [0, 0.1) is 9.39 Å². The fourth-order valence-electron chi connectivity index (χ4n) is 1.30. The lowest BCUT2D eigenvalue weighted by molar-refractivity contribution is 0.101. The molecule has 98 valence electrons. The topological polar surface area (TPSA) is 76.9 Å². The molecular formula is C11H8FIN4O2. The maximum Gasteiger partial charge on any atom is 0.277 e. The number of halogens is 2. The SMILES string of the molecule is Cn1nc(C(=O)Nc2ncc(F)cc2I)ccc1=O. The number of anilines is 1. The number of carbonyl (C=O) groups excluding carboxylic acids is 1. The third kappa shape index (κ3) is 3.13. The van der Waals surface area contributed by atoms with Crippen molar-refractivity contribution < 1.29 is 9.18 Å². The van der Waals surface area contributed by atoms with Gasteiger partial charge in [0, 0.05) is 13.1 Å². The molecular weight excluding hydrogens is 366 g/mol. The zero-order valence-electron chi connectivity index (χ0n) is 9.72. The lowest BCUT2D eigenvalue weighted by atomic mass is 10.3. The molecule has 1 amide bonds. The van der Waals surface area contributed by atoms with Crippen LogP contribution in [0.2, 0.25) is 0 Å². The quantitative estimate of drug-likeness (QED) is 0.801. The second-order valence-electron chi connectivity index (χ2n) is 3.62. The number of aryl methyl sites for hydroxylation is 1. The van der Waals surface area contributed by atoms with Gasteiger partial charge in [-0.25, -0.2) is 14.1 Å². The number of nitrogens with zero attached hydrogens (tertiary/aromatic N) is 3. The van der Waals surface area contributed by atoms with Gasteiger partial charge in [0.15, 0.2) is 0 Å². The molecule has 0 saturated carbocycles. The van der Waals surface area contributed by atoms with Crippen molar-refractivity contribution in [3.63, 3.8) is 0 Å². The number of carbonyl (C=O) groups is 1. The molecule has 0 aliphatic heterocycles. The van der Waals surface area contributed by atoms with Crippen molar-refractivity contribution in [1.82, 2.24) is 14.8 Å². The van der Waals surface area contributed by atoms with E-state index in [2.05, 4.69) is 15.4 Å². The molecule has 0 spiro atoms. The highest BCUT2D eigenvalue weighted by Gasteiger charge is 2.12. The van der Waals surface area contributed by atoms with Crippen LogP contribution in [0.5, 0.6) is 0 Å². The molecule has 0 saturated heterocycles. The summed E-state index contributed by atoms with van der Waals surface area (Å²) >= 11 is 1.86. The summed E-state index contributed by atoms with van der Waals surface area (Å²) in [6.45, 7) is 0. The Balaban J connectivity index is 2.25. The van der Waals surface area contributed by atoms with Gasteiger partial charge in [0.1, 0.15) is 17.3 Å². The third-order valence-corrected chi connectivity index (χ3v) is 3.06. The van der Waals surface area contributed by atoms with Crippen molar-refractivity contribution in [2.24, 2.45) is 7.05 Å². The predicted molar refractivity (Wildman–Crippen MR) is 74.3 cm³/mol. The number of nitrogens with one attached hydrogen (secondary N) is 1. The summed E-state index contributed by atoms with van der Waals surface area (Å²) in [5, 5.41) is 6.30. The van der Waals surface area contributed by atoms with E-state index in [-0.39, 0.29) is 17.1 Å². The van der Waals surface area contributed by atoms with E-state index >= 15 is 0 Å². The molecule has 0 unspecified atom stereocenters. The van der Waals surface area contributed by atoms with Gasteiger partial charge in [0.05, 0.1) is 9.77 Å². The Morgan fingerprint density at radius 2 is 2.21 bits per heavy atom. The van der Waals surface area contributed by atoms with E-state index in [0.29, 0.717) is 3.57 Å². The van der Waals surface area contributed by atoms with Crippen molar-refractivity contribution in [2.75, 3.05) is 5.32 Å². The third-order valence-electron chi connectivity index (χ3n) is 2.23. The van der Waals surface area contributed by atoms with E-state index in [0.717, 1.165) is 10.9 Å². The molecule has 1 N–H and O–H groups in total. The van der Waals surface area contributed by atoms with Crippen molar-refractivity contribution in [3.05, 3.63) is 49.8 Å². The molecule has 0 radical (unpaired) electrons. The first kappa shape index (κ1) is 13.6. The van der Waals surface area contributed by atoms with Gasteiger partial charge in [-0.15, -0.1) is 0 Å². The Labute approximate surface area is 120 Å². The van der Waals surface area contributed by atoms with E-state index in [1.807, 2.05) is 22.6 Å². The second kappa shape index (κ2) is 5.43. The lowest BCUT2D eigenvalue weighted by Crippen LogP contribution is -2.24. The zero-order valence-corrected chi connectivity index (χ0v) is 11.9. The van der Waals surface area contributed by atoms with Crippen LogP contribution in [0.25, 0.3) is 0 Å². The summed E-state index contributed by atoms with van der Waals surface area (Å²) < 4.78 is 14.4. The molecule has 0 fully saturated rings. The molecule has 2 aromatic rings. The van der Waals surface area contributed by atoms with Crippen molar-refractivity contribution >= 4 is 34.3 Å². The van der Waals surface area contributed by atoms with Gasteiger partial charge in [0.25, 0.3) is 11.5 Å². The van der Waals surface area contributed by atoms with Gasteiger partial charge in [-0.05, 0) is 34.7 Å². The summed E-state index contributed by atoms with van der Waals surface area (Å²) in [4.78, 5) is 26.8. The first-order chi connectivity index (χ1) is 8.97. The summed E-state index contributed by atoms with van der Waals surface area (Å²) in [7, 11) is 1.44. The lowest BCUT2D eigenvalue weighted by Gasteiger charge is -2.06. The van der Waals surface area contributed by atoms with Crippen LogP contribution in [-0.2, 0) is 7.05 Å². The largest absolute Gasteiger partial charge is 0.304 e. The van der Waals surface area contributed by atoms with Gasteiger partial charge in [-0.3, -0.25) is 9.59 Å². The average Bonchev–Trinajstić information content (AvgIpc) is 2.36. The first-order valence-corrected chi connectivity index (χ1v) is 6.22. The average molecular weight is 374 g/mol. The zero-order chi connectivity index (χ0) is 14.0. The summed E-state index contributed by atoms with van der Waals surface area (Å²) in [5.74, 6) is -0.766. The highest BCUT2D eigenvalue weighted by atomic mass is 127. The van der Waals surface area contributed by atoms with Crippen LogP contribution in [0.15, 0.2) is 29.2 Å². The smallest absolute Gasteiger partial charge is 0.277 e. The predicted octanol–water partition coefficient (Wildman–Crippen LogP) is 1.17. The number of rotatable bonds is 2. The fraction of sp³-hybridized carbons (Fsp3) is 0.0909.